The Morgan fingerprint density at radius 2 is 1.71 bits per heavy atom. The van der Waals surface area contributed by atoms with E-state index in [1.165, 1.54) is 37.9 Å². The lowest BCUT2D eigenvalue weighted by Gasteiger charge is -2.42. The summed E-state index contributed by atoms with van der Waals surface area (Å²) in [6.07, 6.45) is 3.97. The third-order valence-electron chi connectivity index (χ3n) is 5.31. The molecule has 0 aromatic heterocycles. The molecular weight excluding hydrogens is 254 g/mol. The Kier molecular flexibility index (Phi) is 3.52. The molecule has 1 nitrogen and oxygen atoms in total. The first-order chi connectivity index (χ1) is 10.4. The van der Waals surface area contributed by atoms with Crippen LogP contribution >= 0.6 is 0 Å². The van der Waals surface area contributed by atoms with Crippen LogP contribution in [-0.4, -0.2) is 18.0 Å². The van der Waals surface area contributed by atoms with E-state index in [4.69, 9.17) is 0 Å². The van der Waals surface area contributed by atoms with Crippen molar-refractivity contribution in [2.24, 2.45) is 5.92 Å². The van der Waals surface area contributed by atoms with Crippen LogP contribution in [0.1, 0.15) is 35.4 Å². The molecule has 1 heterocycles. The smallest absolute Gasteiger partial charge is 0.0233 e. The van der Waals surface area contributed by atoms with Gasteiger partial charge in [0.1, 0.15) is 0 Å². The van der Waals surface area contributed by atoms with E-state index in [0.717, 1.165) is 18.4 Å². The highest BCUT2D eigenvalue weighted by Crippen LogP contribution is 2.41. The number of aryl methyl sites for hydroxylation is 1. The number of hydrogen-bond acceptors (Lipinski definition) is 1. The molecule has 0 unspecified atom stereocenters. The lowest BCUT2D eigenvalue weighted by atomic mass is 9.71. The highest BCUT2D eigenvalue weighted by Gasteiger charge is 2.33. The molecular formula is C20H23N. The van der Waals surface area contributed by atoms with E-state index in [9.17, 15) is 0 Å². The van der Waals surface area contributed by atoms with Crippen molar-refractivity contribution in [1.29, 1.82) is 0 Å². The molecule has 2 aromatic rings. The Labute approximate surface area is 127 Å². The lowest BCUT2D eigenvalue weighted by molar-refractivity contribution is 0.135. The lowest BCUT2D eigenvalue weighted by Crippen LogP contribution is -2.40. The summed E-state index contributed by atoms with van der Waals surface area (Å²) in [6.45, 7) is 3.63. The van der Waals surface area contributed by atoms with Gasteiger partial charge in [-0.25, -0.2) is 0 Å². The van der Waals surface area contributed by atoms with Crippen molar-refractivity contribution < 1.29 is 0 Å². The number of fused-ring (bicyclic) bond motifs is 3. The third kappa shape index (κ3) is 2.63. The third-order valence-corrected chi connectivity index (χ3v) is 5.31. The summed E-state index contributed by atoms with van der Waals surface area (Å²) < 4.78 is 0. The van der Waals surface area contributed by atoms with E-state index in [0.29, 0.717) is 0 Å². The predicted molar refractivity (Wildman–Crippen MR) is 87.3 cm³/mol. The molecule has 1 fully saturated rings. The van der Waals surface area contributed by atoms with E-state index >= 15 is 0 Å². The molecule has 2 aromatic carbocycles. The summed E-state index contributed by atoms with van der Waals surface area (Å²) in [6, 6.07) is 20.0. The maximum Gasteiger partial charge on any atom is 0.0233 e. The molecule has 1 saturated heterocycles. The van der Waals surface area contributed by atoms with Gasteiger partial charge in [0, 0.05) is 13.1 Å². The van der Waals surface area contributed by atoms with Crippen molar-refractivity contribution in [2.75, 3.05) is 13.1 Å². The van der Waals surface area contributed by atoms with E-state index in [1.54, 1.807) is 11.1 Å². The van der Waals surface area contributed by atoms with Crippen LogP contribution in [0.4, 0.5) is 0 Å². The fourth-order valence-electron chi connectivity index (χ4n) is 4.26. The van der Waals surface area contributed by atoms with Gasteiger partial charge in [-0.3, -0.25) is 4.90 Å². The second kappa shape index (κ2) is 5.65. The zero-order valence-corrected chi connectivity index (χ0v) is 12.5. The molecule has 4 rings (SSSR count). The zero-order valence-electron chi connectivity index (χ0n) is 12.5. The molecule has 0 spiro atoms. The molecule has 108 valence electrons. The summed E-state index contributed by atoms with van der Waals surface area (Å²) in [5, 5.41) is 0. The molecule has 0 radical (unpaired) electrons. The fourth-order valence-corrected chi connectivity index (χ4v) is 4.26. The number of piperidine rings is 1. The second-order valence-corrected chi connectivity index (χ2v) is 6.61. The van der Waals surface area contributed by atoms with Gasteiger partial charge in [-0.2, -0.15) is 0 Å². The van der Waals surface area contributed by atoms with Gasteiger partial charge in [0.15, 0.2) is 0 Å². The van der Waals surface area contributed by atoms with Gasteiger partial charge in [0.25, 0.3) is 0 Å². The fraction of sp³-hybridized carbons (Fsp3) is 0.400. The van der Waals surface area contributed by atoms with Crippen molar-refractivity contribution in [2.45, 2.75) is 31.7 Å². The molecule has 1 aliphatic heterocycles. The molecule has 21 heavy (non-hydrogen) atoms. The van der Waals surface area contributed by atoms with Gasteiger partial charge in [-0.05, 0) is 54.3 Å². The normalized spacial score (nSPS) is 25.1. The minimum atomic E-state index is 0.807. The SMILES string of the molecule is c1ccc(CN2CC[C@H]3c4ccccc4CC[C@@H]3C2)cc1. The van der Waals surface area contributed by atoms with E-state index < -0.39 is 0 Å². The van der Waals surface area contributed by atoms with Crippen molar-refractivity contribution in [3.05, 3.63) is 71.3 Å². The molecule has 2 aliphatic rings. The average molecular weight is 277 g/mol. The summed E-state index contributed by atoms with van der Waals surface area (Å²) >= 11 is 0. The molecule has 0 N–H and O–H groups in total. The van der Waals surface area contributed by atoms with Crippen LogP contribution in [0, 0.1) is 5.92 Å². The maximum absolute atomic E-state index is 2.66. The van der Waals surface area contributed by atoms with Crippen LogP contribution < -0.4 is 0 Å². The van der Waals surface area contributed by atoms with Crippen molar-refractivity contribution in [3.63, 3.8) is 0 Å². The minimum absolute atomic E-state index is 0.807. The summed E-state index contributed by atoms with van der Waals surface area (Å²) in [5.41, 5.74) is 4.70. The Balaban J connectivity index is 1.48. The monoisotopic (exact) mass is 277 g/mol. The summed E-state index contributed by atoms with van der Waals surface area (Å²) in [5.74, 6) is 1.67. The number of rotatable bonds is 2. The van der Waals surface area contributed by atoms with Crippen LogP contribution in [0.15, 0.2) is 54.6 Å². The largest absolute Gasteiger partial charge is 0.299 e. The number of nitrogens with zero attached hydrogens (tertiary/aromatic N) is 1. The van der Waals surface area contributed by atoms with Crippen molar-refractivity contribution in [3.8, 4) is 0 Å². The second-order valence-electron chi connectivity index (χ2n) is 6.61. The van der Waals surface area contributed by atoms with Crippen LogP contribution in [0.25, 0.3) is 0 Å². The summed E-state index contributed by atoms with van der Waals surface area (Å²) in [4.78, 5) is 2.66. The molecule has 1 aliphatic carbocycles. The molecule has 0 saturated carbocycles. The highest BCUT2D eigenvalue weighted by atomic mass is 15.1. The van der Waals surface area contributed by atoms with E-state index in [-0.39, 0.29) is 0 Å². The molecule has 0 amide bonds. The first kappa shape index (κ1) is 13.1. The van der Waals surface area contributed by atoms with Crippen molar-refractivity contribution >= 4 is 0 Å². The van der Waals surface area contributed by atoms with Crippen molar-refractivity contribution in [1.82, 2.24) is 4.90 Å². The number of benzene rings is 2. The topological polar surface area (TPSA) is 3.24 Å². The van der Waals surface area contributed by atoms with Crippen LogP contribution in [-0.2, 0) is 13.0 Å². The minimum Gasteiger partial charge on any atom is -0.299 e. The number of hydrogen-bond donors (Lipinski definition) is 0. The van der Waals surface area contributed by atoms with E-state index in [2.05, 4.69) is 59.5 Å². The Hall–Kier alpha value is -1.60. The zero-order chi connectivity index (χ0) is 14.1. The van der Waals surface area contributed by atoms with Crippen LogP contribution in [0.3, 0.4) is 0 Å². The Morgan fingerprint density at radius 1 is 0.905 bits per heavy atom. The molecule has 1 heteroatoms. The highest BCUT2D eigenvalue weighted by molar-refractivity contribution is 5.34. The Morgan fingerprint density at radius 3 is 2.62 bits per heavy atom. The van der Waals surface area contributed by atoms with Gasteiger partial charge in [-0.1, -0.05) is 54.6 Å². The first-order valence-corrected chi connectivity index (χ1v) is 8.24. The Bertz CT molecular complexity index is 604. The molecule has 0 bridgehead atoms. The van der Waals surface area contributed by atoms with Gasteiger partial charge in [0.05, 0.1) is 0 Å². The van der Waals surface area contributed by atoms with Gasteiger partial charge in [0.2, 0.25) is 0 Å². The maximum atomic E-state index is 2.66. The first-order valence-electron chi connectivity index (χ1n) is 8.24. The standard InChI is InChI=1S/C20H23N/c1-2-6-16(7-3-1)14-21-13-12-20-18(15-21)11-10-17-8-4-5-9-19(17)20/h1-9,18,20H,10-15H2/t18-,20-/m1/s1. The summed E-state index contributed by atoms with van der Waals surface area (Å²) in [7, 11) is 0. The van der Waals surface area contributed by atoms with Gasteiger partial charge >= 0.3 is 0 Å². The van der Waals surface area contributed by atoms with Crippen LogP contribution in [0.5, 0.6) is 0 Å². The predicted octanol–water partition coefficient (Wildman–Crippen LogP) is 4.24. The number of likely N-dealkylation sites (tertiary alicyclic amines) is 1. The quantitative estimate of drug-likeness (QED) is 0.793. The van der Waals surface area contributed by atoms with E-state index in [1.807, 2.05) is 0 Å². The van der Waals surface area contributed by atoms with Gasteiger partial charge < -0.3 is 0 Å². The average Bonchev–Trinajstić information content (AvgIpc) is 2.55. The van der Waals surface area contributed by atoms with Crippen LogP contribution in [0.2, 0.25) is 0 Å². The van der Waals surface area contributed by atoms with Gasteiger partial charge in [-0.15, -0.1) is 0 Å². The molecule has 2 atom stereocenters.